The van der Waals surface area contributed by atoms with Crippen molar-refractivity contribution in [3.8, 4) is 0 Å². The fraction of sp³-hybridized carbons (Fsp3) is 0.611. The zero-order valence-corrected chi connectivity index (χ0v) is 15.2. The second kappa shape index (κ2) is 7.23. The first-order valence-electron chi connectivity index (χ1n) is 8.63. The second-order valence-corrected chi connectivity index (χ2v) is 8.98. The van der Waals surface area contributed by atoms with Gasteiger partial charge in [-0.2, -0.15) is 0 Å². The summed E-state index contributed by atoms with van der Waals surface area (Å²) in [4.78, 5) is 5.13. The minimum Gasteiger partial charge on any atom is -0.378 e. The molecule has 0 aromatic heterocycles. The van der Waals surface area contributed by atoms with Gasteiger partial charge in [-0.3, -0.25) is 4.99 Å². The number of piperidine rings is 1. The molecule has 1 N–H and O–H groups in total. The Balaban J connectivity index is 1.62. The molecule has 1 aromatic carbocycles. The molecule has 3 atom stereocenters. The van der Waals surface area contributed by atoms with Crippen LogP contribution in [0.3, 0.4) is 0 Å². The monoisotopic (exact) mass is 350 g/mol. The Morgan fingerprint density at radius 3 is 2.67 bits per heavy atom. The van der Waals surface area contributed by atoms with Gasteiger partial charge in [0, 0.05) is 25.1 Å². The van der Waals surface area contributed by atoms with Crippen LogP contribution in [0.2, 0.25) is 0 Å². The summed E-state index contributed by atoms with van der Waals surface area (Å²) >= 11 is 0. The first kappa shape index (κ1) is 17.4. The van der Waals surface area contributed by atoms with Crippen molar-refractivity contribution in [2.24, 2.45) is 10.9 Å². The maximum Gasteiger partial charge on any atom is 0.175 e. The van der Waals surface area contributed by atoms with Gasteiger partial charge in [0.25, 0.3) is 0 Å². The normalized spacial score (nSPS) is 29.6. The smallest absolute Gasteiger partial charge is 0.175 e. The Labute approximate surface area is 144 Å². The molecule has 132 valence electrons. The average molecular weight is 350 g/mol. The van der Waals surface area contributed by atoms with Gasteiger partial charge in [0.15, 0.2) is 9.84 Å². The summed E-state index contributed by atoms with van der Waals surface area (Å²) in [5, 5.41) is 3.52. The molecule has 0 radical (unpaired) electrons. The van der Waals surface area contributed by atoms with Crippen LogP contribution < -0.4 is 5.32 Å². The molecule has 5 nitrogen and oxygen atoms in total. The summed E-state index contributed by atoms with van der Waals surface area (Å²) in [6.45, 7) is 3.75. The average Bonchev–Trinajstić information content (AvgIpc) is 2.98. The molecule has 0 saturated carbocycles. The predicted molar refractivity (Wildman–Crippen MR) is 95.1 cm³/mol. The van der Waals surface area contributed by atoms with Crippen molar-refractivity contribution in [1.29, 1.82) is 0 Å². The minimum absolute atomic E-state index is 0.213. The van der Waals surface area contributed by atoms with E-state index in [2.05, 4.69) is 12.2 Å². The van der Waals surface area contributed by atoms with Crippen LogP contribution in [0.15, 0.2) is 34.2 Å². The topological polar surface area (TPSA) is 67.8 Å². The summed E-state index contributed by atoms with van der Waals surface area (Å²) in [5.41, 5.74) is 1.12. The van der Waals surface area contributed by atoms with Crippen molar-refractivity contribution in [2.75, 3.05) is 19.4 Å². The highest BCUT2D eigenvalue weighted by molar-refractivity contribution is 7.90. The number of nitrogens with zero attached hydrogens (tertiary/aromatic N) is 1. The van der Waals surface area contributed by atoms with Gasteiger partial charge < -0.3 is 10.1 Å². The van der Waals surface area contributed by atoms with E-state index in [1.54, 1.807) is 12.1 Å². The van der Waals surface area contributed by atoms with Gasteiger partial charge in [0.05, 0.1) is 29.5 Å². The van der Waals surface area contributed by atoms with Gasteiger partial charge in [-0.1, -0.05) is 12.1 Å². The predicted octanol–water partition coefficient (Wildman–Crippen LogP) is 2.73. The SMILES string of the molecule is CC1CC(CN=C2CCCC(c3ccc(S(C)(=O)=O)cc3)N2)CO1. The molecule has 2 heterocycles. The molecule has 24 heavy (non-hydrogen) atoms. The molecule has 2 saturated heterocycles. The van der Waals surface area contributed by atoms with Crippen molar-refractivity contribution < 1.29 is 13.2 Å². The summed E-state index contributed by atoms with van der Waals surface area (Å²) < 4.78 is 28.7. The Bertz CT molecular complexity index is 697. The van der Waals surface area contributed by atoms with Crippen LogP contribution >= 0.6 is 0 Å². The van der Waals surface area contributed by atoms with Crippen LogP contribution in [-0.4, -0.2) is 39.8 Å². The number of sulfone groups is 1. The molecular formula is C18H26N2O3S. The van der Waals surface area contributed by atoms with E-state index in [-0.39, 0.29) is 6.04 Å². The van der Waals surface area contributed by atoms with Gasteiger partial charge in [0.1, 0.15) is 0 Å². The third-order valence-electron chi connectivity index (χ3n) is 4.78. The molecule has 0 spiro atoms. The first-order valence-corrected chi connectivity index (χ1v) is 10.5. The van der Waals surface area contributed by atoms with E-state index in [0.29, 0.717) is 16.9 Å². The Morgan fingerprint density at radius 1 is 1.29 bits per heavy atom. The highest BCUT2D eigenvalue weighted by atomic mass is 32.2. The van der Waals surface area contributed by atoms with Crippen LogP contribution in [0.25, 0.3) is 0 Å². The number of ether oxygens (including phenoxy) is 1. The van der Waals surface area contributed by atoms with Gasteiger partial charge in [0.2, 0.25) is 0 Å². The highest BCUT2D eigenvalue weighted by Crippen LogP contribution is 2.25. The van der Waals surface area contributed by atoms with E-state index < -0.39 is 9.84 Å². The Morgan fingerprint density at radius 2 is 2.04 bits per heavy atom. The molecule has 6 heteroatoms. The largest absolute Gasteiger partial charge is 0.378 e. The van der Waals surface area contributed by atoms with Crippen LogP contribution in [-0.2, 0) is 14.6 Å². The lowest BCUT2D eigenvalue weighted by molar-refractivity contribution is 0.120. The fourth-order valence-electron chi connectivity index (χ4n) is 3.41. The third-order valence-corrected chi connectivity index (χ3v) is 5.91. The molecule has 0 aliphatic carbocycles. The molecule has 0 bridgehead atoms. The lowest BCUT2D eigenvalue weighted by Gasteiger charge is -2.27. The first-order chi connectivity index (χ1) is 11.4. The lowest BCUT2D eigenvalue weighted by Crippen LogP contribution is -2.33. The molecule has 0 amide bonds. The van der Waals surface area contributed by atoms with Crippen LogP contribution in [0.4, 0.5) is 0 Å². The summed E-state index contributed by atoms with van der Waals surface area (Å²) in [5.74, 6) is 1.60. The number of hydrogen-bond donors (Lipinski definition) is 1. The number of nitrogens with one attached hydrogen (secondary N) is 1. The van der Waals surface area contributed by atoms with Gasteiger partial charge in [-0.05, 0) is 43.9 Å². The standard InChI is InChI=1S/C18H26N2O3S/c1-13-10-14(12-23-13)11-19-18-5-3-4-17(20-18)15-6-8-16(9-7-15)24(2,21)22/h6-9,13-14,17H,3-5,10-12H2,1-2H3,(H,19,20). The Hall–Kier alpha value is -1.40. The molecule has 2 fully saturated rings. The van der Waals surface area contributed by atoms with E-state index in [4.69, 9.17) is 9.73 Å². The van der Waals surface area contributed by atoms with Crippen molar-refractivity contribution in [3.05, 3.63) is 29.8 Å². The van der Waals surface area contributed by atoms with Crippen molar-refractivity contribution >= 4 is 15.7 Å². The van der Waals surface area contributed by atoms with Gasteiger partial charge in [-0.25, -0.2) is 8.42 Å². The number of benzene rings is 1. The van der Waals surface area contributed by atoms with E-state index in [1.165, 1.54) is 6.26 Å². The number of aliphatic imine (C=N–C) groups is 1. The Kier molecular flexibility index (Phi) is 5.25. The zero-order chi connectivity index (χ0) is 17.2. The van der Waals surface area contributed by atoms with Gasteiger partial charge in [-0.15, -0.1) is 0 Å². The van der Waals surface area contributed by atoms with Crippen molar-refractivity contribution in [3.63, 3.8) is 0 Å². The van der Waals surface area contributed by atoms with Crippen molar-refractivity contribution in [1.82, 2.24) is 5.32 Å². The summed E-state index contributed by atoms with van der Waals surface area (Å²) in [7, 11) is -3.14. The van der Waals surface area contributed by atoms with E-state index >= 15 is 0 Å². The van der Waals surface area contributed by atoms with E-state index in [1.807, 2.05) is 12.1 Å². The van der Waals surface area contributed by atoms with Crippen LogP contribution in [0, 0.1) is 5.92 Å². The van der Waals surface area contributed by atoms with Crippen LogP contribution in [0.1, 0.15) is 44.2 Å². The maximum absolute atomic E-state index is 11.6. The molecule has 2 aliphatic heterocycles. The summed E-state index contributed by atoms with van der Waals surface area (Å²) in [6.07, 6.45) is 5.81. The second-order valence-electron chi connectivity index (χ2n) is 6.96. The number of hydrogen-bond acceptors (Lipinski definition) is 4. The van der Waals surface area contributed by atoms with E-state index in [9.17, 15) is 8.42 Å². The quantitative estimate of drug-likeness (QED) is 0.907. The lowest BCUT2D eigenvalue weighted by atomic mass is 9.97. The molecule has 1 aromatic rings. The maximum atomic E-state index is 11.6. The number of rotatable bonds is 4. The van der Waals surface area contributed by atoms with Gasteiger partial charge >= 0.3 is 0 Å². The van der Waals surface area contributed by atoms with E-state index in [0.717, 1.165) is 50.2 Å². The fourth-order valence-corrected chi connectivity index (χ4v) is 4.04. The molecular weight excluding hydrogens is 324 g/mol. The molecule has 3 rings (SSSR count). The minimum atomic E-state index is -3.14. The summed E-state index contributed by atoms with van der Waals surface area (Å²) in [6, 6.07) is 7.40. The highest BCUT2D eigenvalue weighted by Gasteiger charge is 2.23. The molecule has 3 unspecified atom stereocenters. The third kappa shape index (κ3) is 4.36. The van der Waals surface area contributed by atoms with Crippen LogP contribution in [0.5, 0.6) is 0 Å². The van der Waals surface area contributed by atoms with Crippen molar-refractivity contribution in [2.45, 2.75) is 49.6 Å². The zero-order valence-electron chi connectivity index (χ0n) is 14.4. The molecule has 2 aliphatic rings. The number of amidine groups is 1.